The summed E-state index contributed by atoms with van der Waals surface area (Å²) in [6, 6.07) is 11.1. The summed E-state index contributed by atoms with van der Waals surface area (Å²) in [6.45, 7) is 9.98. The van der Waals surface area contributed by atoms with Crippen LogP contribution in [0.15, 0.2) is 42.5 Å². The summed E-state index contributed by atoms with van der Waals surface area (Å²) in [5.74, 6) is -0.794. The summed E-state index contributed by atoms with van der Waals surface area (Å²) in [6.07, 6.45) is 0. The zero-order valence-corrected chi connectivity index (χ0v) is 15.7. The fourth-order valence-electron chi connectivity index (χ4n) is 2.82. The molecular weight excluding hydrogens is 332 g/mol. The van der Waals surface area contributed by atoms with Gasteiger partial charge in [-0.05, 0) is 76.0 Å². The molecule has 1 saturated heterocycles. The maximum Gasteiger partial charge on any atom is 0.495 e. The topological polar surface area (TPSA) is 47.6 Å². The molecule has 1 fully saturated rings. The maximum absolute atomic E-state index is 13.3. The zero-order valence-electron chi connectivity index (χ0n) is 15.7. The SMILES string of the molecule is Cc1cc(NC(=O)c2cccc(F)c2)ccc1B1OC(C)(C)C(C)(C)O1. The van der Waals surface area contributed by atoms with E-state index in [4.69, 9.17) is 9.31 Å². The van der Waals surface area contributed by atoms with E-state index in [1.807, 2.05) is 46.8 Å². The van der Waals surface area contributed by atoms with Crippen LogP contribution in [0.3, 0.4) is 0 Å². The number of nitrogens with one attached hydrogen (secondary N) is 1. The van der Waals surface area contributed by atoms with Crippen molar-refractivity contribution in [2.75, 3.05) is 5.32 Å². The van der Waals surface area contributed by atoms with E-state index < -0.39 is 24.1 Å². The number of rotatable bonds is 3. The molecule has 1 aliphatic rings. The standard InChI is InChI=1S/C20H23BFNO3/c1-13-11-16(23-18(24)14-7-6-8-15(22)12-14)9-10-17(13)21-25-19(2,3)20(4,5)26-21/h6-12H,1-5H3,(H,23,24). The molecule has 0 radical (unpaired) electrons. The van der Waals surface area contributed by atoms with Gasteiger partial charge in [-0.25, -0.2) is 4.39 Å². The molecule has 1 aliphatic heterocycles. The molecule has 0 aromatic heterocycles. The van der Waals surface area contributed by atoms with Gasteiger partial charge >= 0.3 is 7.12 Å². The van der Waals surface area contributed by atoms with Crippen molar-refractivity contribution in [3.63, 3.8) is 0 Å². The molecule has 2 aromatic rings. The van der Waals surface area contributed by atoms with Crippen LogP contribution in [0, 0.1) is 12.7 Å². The first-order chi connectivity index (χ1) is 12.1. The van der Waals surface area contributed by atoms with Crippen LogP contribution in [0.2, 0.25) is 0 Å². The van der Waals surface area contributed by atoms with E-state index in [2.05, 4.69) is 5.32 Å². The van der Waals surface area contributed by atoms with E-state index in [0.717, 1.165) is 11.0 Å². The Morgan fingerprint density at radius 3 is 2.27 bits per heavy atom. The van der Waals surface area contributed by atoms with Gasteiger partial charge in [-0.1, -0.05) is 12.1 Å². The van der Waals surface area contributed by atoms with Gasteiger partial charge in [-0.15, -0.1) is 0 Å². The van der Waals surface area contributed by atoms with E-state index in [0.29, 0.717) is 5.69 Å². The molecule has 0 bridgehead atoms. The summed E-state index contributed by atoms with van der Waals surface area (Å²) in [5, 5.41) is 2.79. The van der Waals surface area contributed by atoms with Crippen LogP contribution >= 0.6 is 0 Å². The maximum atomic E-state index is 13.3. The first-order valence-electron chi connectivity index (χ1n) is 8.62. The van der Waals surface area contributed by atoms with Crippen molar-refractivity contribution in [2.24, 2.45) is 0 Å². The third-order valence-electron chi connectivity index (χ3n) is 5.12. The predicted molar refractivity (Wildman–Crippen MR) is 101 cm³/mol. The number of aryl methyl sites for hydroxylation is 1. The Morgan fingerprint density at radius 1 is 1.04 bits per heavy atom. The Bertz CT molecular complexity index is 835. The number of halogens is 1. The van der Waals surface area contributed by atoms with Crippen molar-refractivity contribution in [2.45, 2.75) is 45.8 Å². The number of hydrogen-bond donors (Lipinski definition) is 1. The average molecular weight is 355 g/mol. The van der Waals surface area contributed by atoms with Crippen LogP contribution in [0.1, 0.15) is 43.6 Å². The smallest absolute Gasteiger partial charge is 0.399 e. The molecule has 136 valence electrons. The van der Waals surface area contributed by atoms with Crippen LogP contribution in [0.25, 0.3) is 0 Å². The van der Waals surface area contributed by atoms with Gasteiger partial charge in [0, 0.05) is 11.3 Å². The average Bonchev–Trinajstić information content (AvgIpc) is 2.75. The van der Waals surface area contributed by atoms with Crippen LogP contribution in [0.5, 0.6) is 0 Å². The Kier molecular flexibility index (Phi) is 4.67. The second-order valence-corrected chi connectivity index (χ2v) is 7.62. The van der Waals surface area contributed by atoms with Crippen LogP contribution in [0.4, 0.5) is 10.1 Å². The minimum absolute atomic E-state index is 0.276. The van der Waals surface area contributed by atoms with Gasteiger partial charge in [0.05, 0.1) is 11.2 Å². The van der Waals surface area contributed by atoms with Gasteiger partial charge in [0.25, 0.3) is 5.91 Å². The normalized spacial score (nSPS) is 18.0. The lowest BCUT2D eigenvalue weighted by Crippen LogP contribution is -2.41. The lowest BCUT2D eigenvalue weighted by Gasteiger charge is -2.32. The number of anilines is 1. The molecule has 26 heavy (non-hydrogen) atoms. The van der Waals surface area contributed by atoms with Crippen molar-refractivity contribution in [3.05, 3.63) is 59.4 Å². The molecule has 6 heteroatoms. The van der Waals surface area contributed by atoms with E-state index >= 15 is 0 Å². The third kappa shape index (κ3) is 3.52. The molecule has 3 rings (SSSR count). The van der Waals surface area contributed by atoms with Gasteiger partial charge in [-0.3, -0.25) is 4.79 Å². The number of carbonyl (C=O) groups is 1. The second kappa shape index (κ2) is 6.52. The molecule has 1 amide bonds. The van der Waals surface area contributed by atoms with E-state index in [-0.39, 0.29) is 11.5 Å². The fraction of sp³-hybridized carbons (Fsp3) is 0.350. The van der Waals surface area contributed by atoms with Crippen molar-refractivity contribution >= 4 is 24.2 Å². The molecule has 2 aromatic carbocycles. The predicted octanol–water partition coefficient (Wildman–Crippen LogP) is 3.69. The lowest BCUT2D eigenvalue weighted by molar-refractivity contribution is 0.00578. The minimum Gasteiger partial charge on any atom is -0.399 e. The molecule has 0 aliphatic carbocycles. The number of hydrogen-bond acceptors (Lipinski definition) is 3. The van der Waals surface area contributed by atoms with Crippen molar-refractivity contribution in [1.29, 1.82) is 0 Å². The van der Waals surface area contributed by atoms with Crippen molar-refractivity contribution < 1.29 is 18.5 Å². The van der Waals surface area contributed by atoms with Crippen LogP contribution in [-0.2, 0) is 9.31 Å². The molecule has 4 nitrogen and oxygen atoms in total. The number of amides is 1. The summed E-state index contributed by atoms with van der Waals surface area (Å²) in [4.78, 5) is 12.3. The highest BCUT2D eigenvalue weighted by molar-refractivity contribution is 6.62. The largest absolute Gasteiger partial charge is 0.495 e. The first-order valence-corrected chi connectivity index (χ1v) is 8.62. The molecule has 1 heterocycles. The van der Waals surface area contributed by atoms with E-state index in [1.54, 1.807) is 12.1 Å². The Morgan fingerprint density at radius 2 is 1.69 bits per heavy atom. The summed E-state index contributed by atoms with van der Waals surface area (Å²) >= 11 is 0. The summed E-state index contributed by atoms with van der Waals surface area (Å²) < 4.78 is 25.4. The Hall–Kier alpha value is -2.18. The van der Waals surface area contributed by atoms with Crippen molar-refractivity contribution in [3.8, 4) is 0 Å². The van der Waals surface area contributed by atoms with Crippen molar-refractivity contribution in [1.82, 2.24) is 0 Å². The Labute approximate surface area is 153 Å². The molecule has 0 atom stereocenters. The van der Waals surface area contributed by atoms with Gasteiger partial charge in [-0.2, -0.15) is 0 Å². The highest BCUT2D eigenvalue weighted by atomic mass is 19.1. The monoisotopic (exact) mass is 355 g/mol. The Balaban J connectivity index is 1.77. The summed E-state index contributed by atoms with van der Waals surface area (Å²) in [5.41, 5.74) is 1.96. The summed E-state index contributed by atoms with van der Waals surface area (Å²) in [7, 11) is -0.451. The van der Waals surface area contributed by atoms with Gasteiger partial charge in [0.2, 0.25) is 0 Å². The van der Waals surface area contributed by atoms with Gasteiger partial charge < -0.3 is 14.6 Å². The zero-order chi connectivity index (χ0) is 19.1. The highest BCUT2D eigenvalue weighted by Gasteiger charge is 2.52. The van der Waals surface area contributed by atoms with E-state index in [9.17, 15) is 9.18 Å². The van der Waals surface area contributed by atoms with Crippen LogP contribution < -0.4 is 10.8 Å². The quantitative estimate of drug-likeness (QED) is 0.855. The second-order valence-electron chi connectivity index (χ2n) is 7.62. The molecule has 1 N–H and O–H groups in total. The van der Waals surface area contributed by atoms with E-state index in [1.165, 1.54) is 18.2 Å². The molecule has 0 saturated carbocycles. The van der Waals surface area contributed by atoms with Gasteiger partial charge in [0.1, 0.15) is 5.82 Å². The van der Waals surface area contributed by atoms with Crippen LogP contribution in [-0.4, -0.2) is 24.2 Å². The molecule has 0 unspecified atom stereocenters. The molecular formula is C20H23BFNO3. The third-order valence-corrected chi connectivity index (χ3v) is 5.12. The number of benzene rings is 2. The highest BCUT2D eigenvalue weighted by Crippen LogP contribution is 2.36. The number of carbonyl (C=O) groups excluding carboxylic acids is 1. The first kappa shape index (κ1) is 18.6. The lowest BCUT2D eigenvalue weighted by atomic mass is 9.76. The fourth-order valence-corrected chi connectivity index (χ4v) is 2.82. The molecule has 0 spiro atoms. The van der Waals surface area contributed by atoms with Gasteiger partial charge in [0.15, 0.2) is 0 Å². The minimum atomic E-state index is -0.451.